The Morgan fingerprint density at radius 2 is 1.80 bits per heavy atom. The molecule has 0 saturated heterocycles. The maximum Gasteiger partial charge on any atom is 0.168 e. The Hall–Kier alpha value is -1.13. The fourth-order valence-electron chi connectivity index (χ4n) is 3.59. The highest BCUT2D eigenvalue weighted by molar-refractivity contribution is 7.72. The van der Waals surface area contributed by atoms with E-state index < -0.39 is 10.7 Å². The first kappa shape index (κ1) is 13.8. The third kappa shape index (κ3) is 2.67. The highest BCUT2D eigenvalue weighted by Crippen LogP contribution is 2.51. The first-order chi connectivity index (χ1) is 9.58. The van der Waals surface area contributed by atoms with Crippen LogP contribution in [0.3, 0.4) is 0 Å². The van der Waals surface area contributed by atoms with Crippen molar-refractivity contribution in [2.45, 2.75) is 49.5 Å². The number of thiol groups is 1. The summed E-state index contributed by atoms with van der Waals surface area (Å²) < 4.78 is 21.8. The zero-order chi connectivity index (χ0) is 14.2. The molecule has 2 aliphatic rings. The molecule has 1 fully saturated rings. The van der Waals surface area contributed by atoms with E-state index in [0.29, 0.717) is 10.3 Å². The van der Waals surface area contributed by atoms with Crippen LogP contribution in [0.5, 0.6) is 0 Å². The molecule has 0 bridgehead atoms. The lowest BCUT2D eigenvalue weighted by Gasteiger charge is -2.45. The van der Waals surface area contributed by atoms with Crippen LogP contribution in [0.2, 0.25) is 0 Å². The molecule has 1 N–H and O–H groups in total. The number of allylic oxidation sites excluding steroid dienone is 2. The summed E-state index contributed by atoms with van der Waals surface area (Å²) in [5, 5.41) is 9.55. The van der Waals surface area contributed by atoms with Gasteiger partial charge in [-0.2, -0.15) is 0 Å². The van der Waals surface area contributed by atoms with Crippen LogP contribution < -0.4 is 0 Å². The van der Waals surface area contributed by atoms with Gasteiger partial charge in [0, 0.05) is 0 Å². The Bertz CT molecular complexity index is 585. The van der Waals surface area contributed by atoms with Gasteiger partial charge in [-0.05, 0) is 67.2 Å². The second-order valence-corrected chi connectivity index (χ2v) is 7.16. The monoisotopic (exact) mass is 292 g/mol. The topological polar surface area (TPSA) is 54.4 Å². The van der Waals surface area contributed by atoms with Crippen molar-refractivity contribution in [2.75, 3.05) is 0 Å². The molecule has 0 aliphatic heterocycles. The summed E-state index contributed by atoms with van der Waals surface area (Å²) in [6.07, 6.45) is 8.46. The van der Waals surface area contributed by atoms with Crippen LogP contribution >= 0.6 is 0 Å². The van der Waals surface area contributed by atoms with Gasteiger partial charge in [-0.3, -0.25) is 0 Å². The quantitative estimate of drug-likeness (QED) is 0.824. The van der Waals surface area contributed by atoms with E-state index in [-0.39, 0.29) is 6.10 Å². The van der Waals surface area contributed by atoms with Gasteiger partial charge >= 0.3 is 0 Å². The smallest absolute Gasteiger partial charge is 0.168 e. The largest absolute Gasteiger partial charge is 0.393 e. The molecule has 0 unspecified atom stereocenters. The minimum Gasteiger partial charge on any atom is -0.393 e. The lowest BCUT2D eigenvalue weighted by Crippen LogP contribution is -2.40. The fraction of sp³-hybridized carbons (Fsp3) is 0.500. The third-order valence-corrected chi connectivity index (χ3v) is 5.50. The number of hydrogen-bond donors (Lipinski definition) is 2. The van der Waals surface area contributed by atoms with Crippen molar-refractivity contribution in [2.24, 2.45) is 5.41 Å². The Morgan fingerprint density at radius 3 is 2.40 bits per heavy atom. The van der Waals surface area contributed by atoms with Crippen LogP contribution in [-0.2, 0) is 10.7 Å². The Morgan fingerprint density at radius 1 is 1.10 bits per heavy atom. The van der Waals surface area contributed by atoms with Crippen molar-refractivity contribution < 1.29 is 13.5 Å². The highest BCUT2D eigenvalue weighted by atomic mass is 32.2. The Balaban J connectivity index is 1.73. The van der Waals surface area contributed by atoms with Gasteiger partial charge < -0.3 is 5.11 Å². The van der Waals surface area contributed by atoms with E-state index in [9.17, 15) is 13.5 Å². The molecule has 4 heteroatoms. The second-order valence-electron chi connectivity index (χ2n) is 6.13. The first-order valence-electron chi connectivity index (χ1n) is 7.20. The first-order valence-corrected chi connectivity index (χ1v) is 8.38. The molecule has 1 aromatic rings. The summed E-state index contributed by atoms with van der Waals surface area (Å²) in [6.45, 7) is 0. The summed E-state index contributed by atoms with van der Waals surface area (Å²) in [7, 11) is -2.49. The van der Waals surface area contributed by atoms with Crippen LogP contribution in [0.1, 0.15) is 44.1 Å². The fourth-order valence-corrected chi connectivity index (χ4v) is 3.98. The molecule has 0 radical (unpaired) electrons. The van der Waals surface area contributed by atoms with E-state index in [1.54, 1.807) is 12.1 Å². The standard InChI is InChI=1S/C16H20O3S/c17-14-10-16(11-14)8-1-2-12(7-9-16)13-3-5-15(6-4-13)20(18)19/h2-6,14,17,20H,1,7-11H2. The van der Waals surface area contributed by atoms with Crippen LogP contribution in [-0.4, -0.2) is 19.6 Å². The molecular weight excluding hydrogens is 272 g/mol. The molecule has 108 valence electrons. The lowest BCUT2D eigenvalue weighted by molar-refractivity contribution is -0.0403. The van der Waals surface area contributed by atoms with E-state index >= 15 is 0 Å². The molecule has 20 heavy (non-hydrogen) atoms. The molecule has 0 atom stereocenters. The number of hydrogen-bond acceptors (Lipinski definition) is 3. The molecule has 1 saturated carbocycles. The Labute approximate surface area is 121 Å². The summed E-state index contributed by atoms with van der Waals surface area (Å²) in [4.78, 5) is 0.372. The van der Waals surface area contributed by atoms with Crippen molar-refractivity contribution in [1.82, 2.24) is 0 Å². The molecule has 1 aromatic carbocycles. The summed E-state index contributed by atoms with van der Waals surface area (Å²) in [5.41, 5.74) is 2.80. The molecule has 3 rings (SSSR count). The molecule has 0 amide bonds. The van der Waals surface area contributed by atoms with Gasteiger partial charge in [-0.25, -0.2) is 8.42 Å². The van der Waals surface area contributed by atoms with Gasteiger partial charge in [0.1, 0.15) is 0 Å². The number of aliphatic hydroxyl groups is 1. The summed E-state index contributed by atoms with van der Waals surface area (Å²) in [6, 6.07) is 7.16. The SMILES string of the molecule is O=[SH](=O)c1ccc(C2=CCCC3(CC2)CC(O)C3)cc1. The van der Waals surface area contributed by atoms with E-state index in [2.05, 4.69) is 6.08 Å². The van der Waals surface area contributed by atoms with Gasteiger partial charge in [0.2, 0.25) is 0 Å². The summed E-state index contributed by atoms with van der Waals surface area (Å²) in [5.74, 6) is 0. The van der Waals surface area contributed by atoms with Crippen molar-refractivity contribution in [3.05, 3.63) is 35.9 Å². The van der Waals surface area contributed by atoms with Gasteiger partial charge in [0.15, 0.2) is 10.7 Å². The lowest BCUT2D eigenvalue weighted by atomic mass is 9.62. The minimum absolute atomic E-state index is 0.0933. The van der Waals surface area contributed by atoms with Crippen LogP contribution in [0, 0.1) is 5.41 Å². The summed E-state index contributed by atoms with van der Waals surface area (Å²) >= 11 is 0. The molecule has 0 aromatic heterocycles. The van der Waals surface area contributed by atoms with E-state index in [0.717, 1.165) is 44.1 Å². The van der Waals surface area contributed by atoms with Gasteiger partial charge in [-0.15, -0.1) is 0 Å². The average molecular weight is 292 g/mol. The maximum atomic E-state index is 10.9. The van der Waals surface area contributed by atoms with Gasteiger partial charge in [0.05, 0.1) is 11.0 Å². The third-order valence-electron chi connectivity index (χ3n) is 4.78. The highest BCUT2D eigenvalue weighted by Gasteiger charge is 2.42. The molecular formula is C16H20O3S. The zero-order valence-electron chi connectivity index (χ0n) is 11.4. The average Bonchev–Trinajstić information content (AvgIpc) is 2.62. The van der Waals surface area contributed by atoms with E-state index in [4.69, 9.17) is 0 Å². The minimum atomic E-state index is -2.49. The van der Waals surface area contributed by atoms with Crippen molar-refractivity contribution in [3.63, 3.8) is 0 Å². The maximum absolute atomic E-state index is 10.9. The van der Waals surface area contributed by atoms with E-state index in [1.165, 1.54) is 5.57 Å². The normalized spacial score (nSPS) is 29.9. The molecule has 1 spiro atoms. The van der Waals surface area contributed by atoms with Gasteiger partial charge in [-0.1, -0.05) is 18.2 Å². The zero-order valence-corrected chi connectivity index (χ0v) is 12.3. The number of benzene rings is 1. The molecule has 2 aliphatic carbocycles. The predicted molar refractivity (Wildman–Crippen MR) is 79.1 cm³/mol. The van der Waals surface area contributed by atoms with Gasteiger partial charge in [0.25, 0.3) is 0 Å². The van der Waals surface area contributed by atoms with Crippen molar-refractivity contribution >= 4 is 16.3 Å². The van der Waals surface area contributed by atoms with Crippen LogP contribution in [0.15, 0.2) is 35.2 Å². The predicted octanol–water partition coefficient (Wildman–Crippen LogP) is 2.76. The number of rotatable bonds is 2. The van der Waals surface area contributed by atoms with Crippen LogP contribution in [0.25, 0.3) is 5.57 Å². The molecule has 0 heterocycles. The van der Waals surface area contributed by atoms with Crippen molar-refractivity contribution in [3.8, 4) is 0 Å². The number of aliphatic hydroxyl groups excluding tert-OH is 1. The molecule has 3 nitrogen and oxygen atoms in total. The second kappa shape index (κ2) is 5.34. The van der Waals surface area contributed by atoms with Crippen LogP contribution in [0.4, 0.5) is 0 Å². The van der Waals surface area contributed by atoms with Crippen molar-refractivity contribution in [1.29, 1.82) is 0 Å². The van der Waals surface area contributed by atoms with E-state index in [1.807, 2.05) is 12.1 Å². The Kier molecular flexibility index (Phi) is 3.69.